The second-order valence-corrected chi connectivity index (χ2v) is 8.22. The number of rotatable bonds is 6. The molecule has 32 heavy (non-hydrogen) atoms. The number of hydrogen-bond acceptors (Lipinski definition) is 6. The van der Waals surface area contributed by atoms with Gasteiger partial charge in [0.2, 0.25) is 5.91 Å². The predicted octanol–water partition coefficient (Wildman–Crippen LogP) is 4.41. The maximum absolute atomic E-state index is 13.2. The number of benzene rings is 3. The Morgan fingerprint density at radius 1 is 1.03 bits per heavy atom. The number of carbonyl (C=O) groups is 1. The molecular weight excluding hydrogens is 428 g/mol. The lowest BCUT2D eigenvalue weighted by atomic mass is 10.2. The van der Waals surface area contributed by atoms with Gasteiger partial charge in [-0.1, -0.05) is 54.2 Å². The van der Waals surface area contributed by atoms with Gasteiger partial charge in [0.1, 0.15) is 5.69 Å². The highest BCUT2D eigenvalue weighted by molar-refractivity contribution is 8.00. The van der Waals surface area contributed by atoms with Crippen molar-refractivity contribution in [3.05, 3.63) is 99.3 Å². The second kappa shape index (κ2) is 9.03. The Balaban J connectivity index is 1.70. The van der Waals surface area contributed by atoms with E-state index in [1.807, 2.05) is 18.2 Å². The maximum atomic E-state index is 13.2. The molecule has 1 aromatic heterocycles. The van der Waals surface area contributed by atoms with Crippen LogP contribution in [0, 0.1) is 10.1 Å². The molecule has 0 aliphatic heterocycles. The van der Waals surface area contributed by atoms with Crippen molar-refractivity contribution in [2.75, 3.05) is 5.32 Å². The fourth-order valence-corrected chi connectivity index (χ4v) is 4.11. The number of anilines is 1. The van der Waals surface area contributed by atoms with Gasteiger partial charge in [0.25, 0.3) is 11.2 Å². The Morgan fingerprint density at radius 2 is 1.69 bits per heavy atom. The third-order valence-corrected chi connectivity index (χ3v) is 5.82. The van der Waals surface area contributed by atoms with Crippen molar-refractivity contribution in [3.63, 3.8) is 0 Å². The summed E-state index contributed by atoms with van der Waals surface area (Å²) >= 11 is 1.11. The molecule has 0 aliphatic rings. The Labute approximate surface area is 187 Å². The van der Waals surface area contributed by atoms with Crippen LogP contribution >= 0.6 is 11.8 Å². The SMILES string of the molecule is CC(Sc1nc2ccccc2c(=O)n1-c1ccccc1)C(=O)Nc1ccccc1[N+](=O)[O-]. The molecular formula is C23H18N4O4S. The zero-order chi connectivity index (χ0) is 22.7. The van der Waals surface area contributed by atoms with Gasteiger partial charge in [0.05, 0.1) is 26.8 Å². The van der Waals surface area contributed by atoms with Gasteiger partial charge >= 0.3 is 0 Å². The molecule has 4 aromatic rings. The van der Waals surface area contributed by atoms with Gasteiger partial charge in [-0.3, -0.25) is 24.3 Å². The number of carbonyl (C=O) groups excluding carboxylic acids is 1. The van der Waals surface area contributed by atoms with Crippen molar-refractivity contribution in [1.82, 2.24) is 9.55 Å². The van der Waals surface area contributed by atoms with Gasteiger partial charge in [-0.15, -0.1) is 0 Å². The number of nitrogens with zero attached hydrogens (tertiary/aromatic N) is 3. The molecule has 160 valence electrons. The van der Waals surface area contributed by atoms with Crippen LogP contribution in [0.3, 0.4) is 0 Å². The number of nitro groups is 1. The van der Waals surface area contributed by atoms with Crippen molar-refractivity contribution in [1.29, 1.82) is 0 Å². The largest absolute Gasteiger partial charge is 0.319 e. The van der Waals surface area contributed by atoms with Crippen LogP contribution in [0.5, 0.6) is 0 Å². The number of amides is 1. The summed E-state index contributed by atoms with van der Waals surface area (Å²) in [5.74, 6) is -0.439. The molecule has 3 aromatic carbocycles. The minimum atomic E-state index is -0.683. The summed E-state index contributed by atoms with van der Waals surface area (Å²) in [6.07, 6.45) is 0. The van der Waals surface area contributed by atoms with Gasteiger partial charge in [-0.25, -0.2) is 4.98 Å². The number of para-hydroxylation sites is 4. The van der Waals surface area contributed by atoms with E-state index >= 15 is 0 Å². The summed E-state index contributed by atoms with van der Waals surface area (Å²) in [4.78, 5) is 41.4. The average molecular weight is 446 g/mol. The molecule has 0 radical (unpaired) electrons. The van der Waals surface area contributed by atoms with Crippen molar-refractivity contribution in [3.8, 4) is 5.69 Å². The third kappa shape index (κ3) is 4.23. The topological polar surface area (TPSA) is 107 Å². The minimum absolute atomic E-state index is 0.113. The van der Waals surface area contributed by atoms with Gasteiger partial charge in [-0.05, 0) is 37.3 Å². The molecule has 1 amide bonds. The lowest BCUT2D eigenvalue weighted by molar-refractivity contribution is -0.383. The molecule has 1 heterocycles. The van der Waals surface area contributed by atoms with Crippen LogP contribution in [0.15, 0.2) is 88.8 Å². The zero-order valence-corrected chi connectivity index (χ0v) is 17.8. The van der Waals surface area contributed by atoms with Gasteiger partial charge in [-0.2, -0.15) is 0 Å². The molecule has 0 aliphatic carbocycles. The Kier molecular flexibility index (Phi) is 6.00. The Bertz CT molecular complexity index is 1370. The number of aromatic nitrogens is 2. The fraction of sp³-hybridized carbons (Fsp3) is 0.0870. The molecule has 0 saturated carbocycles. The third-order valence-electron chi connectivity index (χ3n) is 4.77. The number of nitrogens with one attached hydrogen (secondary N) is 1. The molecule has 1 N–H and O–H groups in total. The molecule has 1 unspecified atom stereocenters. The van der Waals surface area contributed by atoms with Crippen molar-refractivity contribution in [2.45, 2.75) is 17.3 Å². The zero-order valence-electron chi connectivity index (χ0n) is 17.0. The highest BCUT2D eigenvalue weighted by Gasteiger charge is 2.22. The van der Waals surface area contributed by atoms with Crippen LogP contribution < -0.4 is 10.9 Å². The first-order valence-electron chi connectivity index (χ1n) is 9.74. The van der Waals surface area contributed by atoms with E-state index in [-0.39, 0.29) is 16.9 Å². The number of thioether (sulfide) groups is 1. The summed E-state index contributed by atoms with van der Waals surface area (Å²) in [6, 6.07) is 22.0. The van der Waals surface area contributed by atoms with E-state index in [9.17, 15) is 19.7 Å². The summed E-state index contributed by atoms with van der Waals surface area (Å²) in [5, 5.41) is 14.0. The van der Waals surface area contributed by atoms with E-state index in [2.05, 4.69) is 10.3 Å². The molecule has 0 saturated heterocycles. The van der Waals surface area contributed by atoms with E-state index in [4.69, 9.17) is 0 Å². The fourth-order valence-electron chi connectivity index (χ4n) is 3.18. The lowest BCUT2D eigenvalue weighted by Crippen LogP contribution is -2.26. The maximum Gasteiger partial charge on any atom is 0.292 e. The Morgan fingerprint density at radius 3 is 2.44 bits per heavy atom. The van der Waals surface area contributed by atoms with E-state index in [0.717, 1.165) is 11.8 Å². The standard InChI is InChI=1S/C23H18N4O4S/c1-15(21(28)24-19-13-7-8-14-20(19)27(30)31)32-23-25-18-12-6-5-11-17(18)22(29)26(23)16-9-3-2-4-10-16/h2-15H,1H3,(H,24,28). The molecule has 4 rings (SSSR count). The van der Waals surface area contributed by atoms with Gasteiger partial charge in [0.15, 0.2) is 5.16 Å². The molecule has 1 atom stereocenters. The van der Waals surface area contributed by atoms with E-state index < -0.39 is 16.1 Å². The van der Waals surface area contributed by atoms with Crippen LogP contribution in [-0.2, 0) is 4.79 Å². The van der Waals surface area contributed by atoms with Crippen LogP contribution in [0.25, 0.3) is 16.6 Å². The first-order valence-corrected chi connectivity index (χ1v) is 10.6. The molecule has 0 fully saturated rings. The van der Waals surface area contributed by atoms with Crippen LogP contribution in [0.2, 0.25) is 0 Å². The number of nitro benzene ring substituents is 1. The van der Waals surface area contributed by atoms with E-state index in [1.54, 1.807) is 49.4 Å². The van der Waals surface area contributed by atoms with E-state index in [1.165, 1.54) is 22.8 Å². The smallest absolute Gasteiger partial charge is 0.292 e. The van der Waals surface area contributed by atoms with Crippen LogP contribution in [0.1, 0.15) is 6.92 Å². The van der Waals surface area contributed by atoms with E-state index in [0.29, 0.717) is 21.7 Å². The van der Waals surface area contributed by atoms with Crippen LogP contribution in [-0.4, -0.2) is 25.6 Å². The summed E-state index contributed by atoms with van der Waals surface area (Å²) in [5.41, 5.74) is 0.837. The highest BCUT2D eigenvalue weighted by Crippen LogP contribution is 2.28. The minimum Gasteiger partial charge on any atom is -0.319 e. The quantitative estimate of drug-likeness (QED) is 0.203. The molecule has 0 bridgehead atoms. The van der Waals surface area contributed by atoms with Crippen LogP contribution in [0.4, 0.5) is 11.4 Å². The average Bonchev–Trinajstić information content (AvgIpc) is 2.80. The summed E-state index contributed by atoms with van der Waals surface area (Å²) in [7, 11) is 0. The predicted molar refractivity (Wildman–Crippen MR) is 124 cm³/mol. The van der Waals surface area contributed by atoms with Gasteiger partial charge in [0, 0.05) is 6.07 Å². The molecule has 8 nitrogen and oxygen atoms in total. The van der Waals surface area contributed by atoms with Crippen molar-refractivity contribution < 1.29 is 9.72 Å². The highest BCUT2D eigenvalue weighted by atomic mass is 32.2. The number of hydrogen-bond donors (Lipinski definition) is 1. The molecule has 9 heteroatoms. The monoisotopic (exact) mass is 446 g/mol. The first kappa shape index (κ1) is 21.3. The summed E-state index contributed by atoms with van der Waals surface area (Å²) in [6.45, 7) is 1.66. The number of fused-ring (bicyclic) bond motifs is 1. The molecule has 0 spiro atoms. The Hall–Kier alpha value is -3.98. The van der Waals surface area contributed by atoms with Crippen molar-refractivity contribution >= 4 is 39.9 Å². The first-order chi connectivity index (χ1) is 15.5. The lowest BCUT2D eigenvalue weighted by Gasteiger charge is -2.16. The second-order valence-electron chi connectivity index (χ2n) is 6.91. The van der Waals surface area contributed by atoms with Crippen molar-refractivity contribution in [2.24, 2.45) is 0 Å². The normalized spacial score (nSPS) is 11.8. The summed E-state index contributed by atoms with van der Waals surface area (Å²) < 4.78 is 1.47. The van der Waals surface area contributed by atoms with Gasteiger partial charge < -0.3 is 5.32 Å².